The lowest BCUT2D eigenvalue weighted by Crippen LogP contribution is -2.54. The van der Waals surface area contributed by atoms with Crippen LogP contribution >= 0.6 is 11.6 Å². The molecular formula is C24H31ClN2O2. The van der Waals surface area contributed by atoms with Gasteiger partial charge >= 0.3 is 6.09 Å². The number of nitrogens with one attached hydrogen (secondary N) is 1. The maximum absolute atomic E-state index is 11.7. The molecule has 5 heteroatoms. The standard InChI is InChI=1S/C24H31ClN2O2/c1-16-7-5-10-21(20(16)14-17-8-6-9-18(25)13-17)26-19-11-12-27(23(28)29)22(15-19)24(2,3)4/h5-10,13,19,22,26H,11-12,14-15H2,1-4H3,(H,28,29). The number of nitrogens with zero attached hydrogens (tertiary/aromatic N) is 1. The third kappa shape index (κ3) is 5.24. The van der Waals surface area contributed by atoms with Gasteiger partial charge in [0.1, 0.15) is 0 Å². The summed E-state index contributed by atoms with van der Waals surface area (Å²) in [7, 11) is 0. The van der Waals surface area contributed by atoms with Crippen LogP contribution in [0.25, 0.3) is 0 Å². The number of aryl methyl sites for hydroxylation is 1. The fourth-order valence-electron chi connectivity index (χ4n) is 4.29. The molecular weight excluding hydrogens is 384 g/mol. The average Bonchev–Trinajstić information content (AvgIpc) is 2.64. The molecule has 1 saturated heterocycles. The van der Waals surface area contributed by atoms with Crippen molar-refractivity contribution in [3.63, 3.8) is 0 Å². The Bertz CT molecular complexity index is 875. The van der Waals surface area contributed by atoms with Gasteiger partial charge in [0.05, 0.1) is 0 Å². The number of amides is 1. The number of benzene rings is 2. The van der Waals surface area contributed by atoms with E-state index in [2.05, 4.69) is 57.3 Å². The van der Waals surface area contributed by atoms with Crippen LogP contribution in [0, 0.1) is 12.3 Å². The van der Waals surface area contributed by atoms with Crippen molar-refractivity contribution in [3.8, 4) is 0 Å². The second-order valence-electron chi connectivity index (χ2n) is 9.13. The van der Waals surface area contributed by atoms with Gasteiger partial charge < -0.3 is 15.3 Å². The van der Waals surface area contributed by atoms with Crippen molar-refractivity contribution >= 4 is 23.4 Å². The Morgan fingerprint density at radius 1 is 1.24 bits per heavy atom. The average molecular weight is 415 g/mol. The summed E-state index contributed by atoms with van der Waals surface area (Å²) in [5.41, 5.74) is 4.72. The molecule has 1 aliphatic heterocycles. The van der Waals surface area contributed by atoms with Crippen molar-refractivity contribution in [2.24, 2.45) is 5.41 Å². The van der Waals surface area contributed by atoms with Crippen LogP contribution in [0.2, 0.25) is 5.02 Å². The highest BCUT2D eigenvalue weighted by molar-refractivity contribution is 6.30. The summed E-state index contributed by atoms with van der Waals surface area (Å²) in [6.07, 6.45) is 1.61. The van der Waals surface area contributed by atoms with Crippen LogP contribution < -0.4 is 5.32 Å². The van der Waals surface area contributed by atoms with Crippen LogP contribution in [-0.4, -0.2) is 34.7 Å². The maximum Gasteiger partial charge on any atom is 0.407 e. The number of likely N-dealkylation sites (tertiary alicyclic amines) is 1. The fraction of sp³-hybridized carbons (Fsp3) is 0.458. The van der Waals surface area contributed by atoms with Gasteiger partial charge in [-0.3, -0.25) is 0 Å². The summed E-state index contributed by atoms with van der Waals surface area (Å²) >= 11 is 6.18. The first-order valence-electron chi connectivity index (χ1n) is 10.2. The SMILES string of the molecule is Cc1cccc(NC2CCN(C(=O)O)C(C(C)(C)C)C2)c1Cc1cccc(Cl)c1. The molecule has 1 heterocycles. The predicted octanol–water partition coefficient (Wildman–Crippen LogP) is 6.21. The minimum atomic E-state index is -0.819. The first-order chi connectivity index (χ1) is 13.6. The van der Waals surface area contributed by atoms with Crippen LogP contribution in [0.15, 0.2) is 42.5 Å². The molecule has 1 aliphatic rings. The summed E-state index contributed by atoms with van der Waals surface area (Å²) in [5, 5.41) is 14.1. The molecule has 1 fully saturated rings. The van der Waals surface area contributed by atoms with E-state index in [9.17, 15) is 9.90 Å². The minimum Gasteiger partial charge on any atom is -0.465 e. The molecule has 156 valence electrons. The summed E-state index contributed by atoms with van der Waals surface area (Å²) in [6, 6.07) is 14.6. The highest BCUT2D eigenvalue weighted by Crippen LogP contribution is 2.34. The van der Waals surface area contributed by atoms with Crippen molar-refractivity contribution in [1.82, 2.24) is 4.90 Å². The second kappa shape index (κ2) is 8.66. The molecule has 29 heavy (non-hydrogen) atoms. The van der Waals surface area contributed by atoms with E-state index in [1.54, 1.807) is 4.90 Å². The van der Waals surface area contributed by atoms with E-state index in [1.807, 2.05) is 18.2 Å². The van der Waals surface area contributed by atoms with Crippen molar-refractivity contribution in [3.05, 3.63) is 64.2 Å². The Hall–Kier alpha value is -2.20. The Kier molecular flexibility index (Phi) is 6.42. The number of rotatable bonds is 4. The van der Waals surface area contributed by atoms with E-state index < -0.39 is 6.09 Å². The number of halogens is 1. The molecule has 4 nitrogen and oxygen atoms in total. The molecule has 0 bridgehead atoms. The van der Waals surface area contributed by atoms with Gasteiger partial charge in [-0.25, -0.2) is 4.79 Å². The first kappa shape index (κ1) is 21.5. The van der Waals surface area contributed by atoms with Gasteiger partial charge in [-0.2, -0.15) is 0 Å². The van der Waals surface area contributed by atoms with E-state index in [0.717, 1.165) is 30.0 Å². The number of carbonyl (C=O) groups is 1. The predicted molar refractivity (Wildman–Crippen MR) is 120 cm³/mol. The molecule has 2 atom stereocenters. The van der Waals surface area contributed by atoms with E-state index in [4.69, 9.17) is 11.6 Å². The number of hydrogen-bond acceptors (Lipinski definition) is 2. The van der Waals surface area contributed by atoms with Gasteiger partial charge in [0.2, 0.25) is 0 Å². The van der Waals surface area contributed by atoms with Crippen molar-refractivity contribution < 1.29 is 9.90 Å². The molecule has 1 amide bonds. The molecule has 0 aliphatic carbocycles. The molecule has 0 radical (unpaired) electrons. The lowest BCUT2D eigenvalue weighted by Gasteiger charge is -2.45. The normalized spacial score (nSPS) is 19.8. The lowest BCUT2D eigenvalue weighted by molar-refractivity contribution is 0.0557. The van der Waals surface area contributed by atoms with Crippen molar-refractivity contribution in [2.45, 2.75) is 59.0 Å². The highest BCUT2D eigenvalue weighted by atomic mass is 35.5. The van der Waals surface area contributed by atoms with E-state index in [-0.39, 0.29) is 17.5 Å². The molecule has 2 unspecified atom stereocenters. The van der Waals surface area contributed by atoms with Gasteiger partial charge in [0, 0.05) is 29.3 Å². The zero-order chi connectivity index (χ0) is 21.2. The molecule has 2 aromatic carbocycles. The first-order valence-corrected chi connectivity index (χ1v) is 10.6. The zero-order valence-corrected chi connectivity index (χ0v) is 18.5. The highest BCUT2D eigenvalue weighted by Gasteiger charge is 2.38. The summed E-state index contributed by atoms with van der Waals surface area (Å²) < 4.78 is 0. The lowest BCUT2D eigenvalue weighted by atomic mass is 9.79. The molecule has 2 aromatic rings. The van der Waals surface area contributed by atoms with Crippen LogP contribution in [0.4, 0.5) is 10.5 Å². The van der Waals surface area contributed by atoms with Crippen LogP contribution in [0.1, 0.15) is 50.3 Å². The Morgan fingerprint density at radius 2 is 1.97 bits per heavy atom. The Labute approximate surface area is 178 Å². The van der Waals surface area contributed by atoms with Gasteiger partial charge in [-0.15, -0.1) is 0 Å². The molecule has 0 spiro atoms. The van der Waals surface area contributed by atoms with Gasteiger partial charge in [0.15, 0.2) is 0 Å². The van der Waals surface area contributed by atoms with E-state index in [1.165, 1.54) is 16.7 Å². The molecule has 0 aromatic heterocycles. The summed E-state index contributed by atoms with van der Waals surface area (Å²) in [6.45, 7) is 9.05. The van der Waals surface area contributed by atoms with Crippen LogP contribution in [-0.2, 0) is 6.42 Å². The summed E-state index contributed by atoms with van der Waals surface area (Å²) in [5.74, 6) is 0. The van der Waals surface area contributed by atoms with Crippen LogP contribution in [0.5, 0.6) is 0 Å². The number of piperidine rings is 1. The van der Waals surface area contributed by atoms with Crippen LogP contribution in [0.3, 0.4) is 0 Å². The molecule has 2 N–H and O–H groups in total. The van der Waals surface area contributed by atoms with Crippen molar-refractivity contribution in [2.75, 3.05) is 11.9 Å². The number of carboxylic acid groups (broad SMARTS) is 1. The van der Waals surface area contributed by atoms with Gasteiger partial charge in [-0.05, 0) is 66.5 Å². The number of anilines is 1. The van der Waals surface area contributed by atoms with E-state index >= 15 is 0 Å². The monoisotopic (exact) mass is 414 g/mol. The second-order valence-corrected chi connectivity index (χ2v) is 9.57. The smallest absolute Gasteiger partial charge is 0.407 e. The number of hydrogen-bond donors (Lipinski definition) is 2. The van der Waals surface area contributed by atoms with Crippen molar-refractivity contribution in [1.29, 1.82) is 0 Å². The fourth-order valence-corrected chi connectivity index (χ4v) is 4.50. The largest absolute Gasteiger partial charge is 0.465 e. The quantitative estimate of drug-likeness (QED) is 0.625. The third-order valence-electron chi connectivity index (χ3n) is 5.89. The Morgan fingerprint density at radius 3 is 2.62 bits per heavy atom. The van der Waals surface area contributed by atoms with E-state index in [0.29, 0.717) is 6.54 Å². The molecule has 0 saturated carbocycles. The van der Waals surface area contributed by atoms with Gasteiger partial charge in [0.25, 0.3) is 0 Å². The minimum absolute atomic E-state index is 0.00700. The zero-order valence-electron chi connectivity index (χ0n) is 17.7. The maximum atomic E-state index is 11.7. The van der Waals surface area contributed by atoms with Gasteiger partial charge in [-0.1, -0.05) is 56.6 Å². The summed E-state index contributed by atoms with van der Waals surface area (Å²) in [4.78, 5) is 13.3. The third-order valence-corrected chi connectivity index (χ3v) is 6.12. The topological polar surface area (TPSA) is 52.6 Å². The molecule has 3 rings (SSSR count). The Balaban J connectivity index is 1.81.